The third kappa shape index (κ3) is 3.29. The highest BCUT2D eigenvalue weighted by Gasteiger charge is 2.40. The Balaban J connectivity index is 1.44. The first-order chi connectivity index (χ1) is 11.2. The van der Waals surface area contributed by atoms with Crippen LogP contribution in [-0.2, 0) is 16.0 Å². The van der Waals surface area contributed by atoms with Crippen LogP contribution in [0.15, 0.2) is 24.3 Å². The van der Waals surface area contributed by atoms with Gasteiger partial charge in [-0.05, 0) is 44.9 Å². The van der Waals surface area contributed by atoms with Crippen molar-refractivity contribution in [3.8, 4) is 0 Å². The highest BCUT2D eigenvalue weighted by atomic mass is 32.1. The topological polar surface area (TPSA) is 34.6 Å². The van der Waals surface area contributed by atoms with Gasteiger partial charge in [0, 0.05) is 25.9 Å². The molecule has 4 rings (SSSR count). The van der Waals surface area contributed by atoms with Crippen molar-refractivity contribution < 1.29 is 9.47 Å². The molecule has 124 valence electrons. The van der Waals surface area contributed by atoms with E-state index in [1.165, 1.54) is 9.71 Å². The van der Waals surface area contributed by atoms with Crippen molar-refractivity contribution in [2.75, 3.05) is 26.9 Å². The minimum Gasteiger partial charge on any atom is -0.381 e. The Hall–Kier alpha value is -1.01. The van der Waals surface area contributed by atoms with E-state index in [4.69, 9.17) is 14.5 Å². The Bertz CT molecular complexity index is 627. The first-order valence-electron chi connectivity index (χ1n) is 8.51. The minimum absolute atomic E-state index is 0.0585. The molecule has 23 heavy (non-hydrogen) atoms. The third-order valence-corrected chi connectivity index (χ3v) is 6.24. The molecule has 0 saturated carbocycles. The summed E-state index contributed by atoms with van der Waals surface area (Å²) < 4.78 is 13.0. The van der Waals surface area contributed by atoms with E-state index >= 15 is 0 Å². The highest BCUT2D eigenvalue weighted by Crippen LogP contribution is 2.36. The SMILES string of the molecule is CN(Cc1nc2ccccc2s1)[C@@H]1CCOC2(CCOCC2)C1. The van der Waals surface area contributed by atoms with Gasteiger partial charge in [-0.25, -0.2) is 4.98 Å². The molecule has 2 saturated heterocycles. The van der Waals surface area contributed by atoms with E-state index in [0.717, 1.165) is 57.6 Å². The van der Waals surface area contributed by atoms with Crippen molar-refractivity contribution >= 4 is 21.6 Å². The van der Waals surface area contributed by atoms with Crippen LogP contribution in [0.3, 0.4) is 0 Å². The largest absolute Gasteiger partial charge is 0.381 e. The van der Waals surface area contributed by atoms with E-state index in [1.54, 1.807) is 0 Å². The van der Waals surface area contributed by atoms with E-state index in [9.17, 15) is 0 Å². The van der Waals surface area contributed by atoms with Crippen molar-refractivity contribution in [1.82, 2.24) is 9.88 Å². The van der Waals surface area contributed by atoms with Gasteiger partial charge in [-0.2, -0.15) is 0 Å². The van der Waals surface area contributed by atoms with Crippen LogP contribution in [0.1, 0.15) is 30.7 Å². The fraction of sp³-hybridized carbons (Fsp3) is 0.611. The number of ether oxygens (including phenoxy) is 2. The summed E-state index contributed by atoms with van der Waals surface area (Å²) in [5, 5.41) is 1.21. The van der Waals surface area contributed by atoms with Gasteiger partial charge in [0.2, 0.25) is 0 Å². The van der Waals surface area contributed by atoms with Crippen LogP contribution in [-0.4, -0.2) is 48.4 Å². The molecule has 2 aliphatic rings. The fourth-order valence-electron chi connectivity index (χ4n) is 3.80. The zero-order chi connectivity index (χ0) is 15.7. The number of nitrogens with zero attached hydrogens (tertiary/aromatic N) is 2. The van der Waals surface area contributed by atoms with Crippen LogP contribution < -0.4 is 0 Å². The lowest BCUT2D eigenvalue weighted by atomic mass is 9.83. The zero-order valence-corrected chi connectivity index (χ0v) is 14.5. The Labute approximate surface area is 141 Å². The molecule has 1 spiro atoms. The van der Waals surface area contributed by atoms with Gasteiger partial charge < -0.3 is 9.47 Å². The van der Waals surface area contributed by atoms with E-state index in [0.29, 0.717) is 6.04 Å². The summed E-state index contributed by atoms with van der Waals surface area (Å²) in [6, 6.07) is 8.97. The van der Waals surface area contributed by atoms with Crippen LogP contribution in [0.25, 0.3) is 10.2 Å². The third-order valence-electron chi connectivity index (χ3n) is 5.22. The predicted molar refractivity (Wildman–Crippen MR) is 92.8 cm³/mol. The number of thiazole rings is 1. The Morgan fingerprint density at radius 3 is 2.91 bits per heavy atom. The quantitative estimate of drug-likeness (QED) is 0.862. The zero-order valence-electron chi connectivity index (χ0n) is 13.7. The molecular formula is C18H24N2O2S. The summed E-state index contributed by atoms with van der Waals surface area (Å²) in [6.45, 7) is 3.48. The summed E-state index contributed by atoms with van der Waals surface area (Å²) in [4.78, 5) is 7.25. The highest BCUT2D eigenvalue weighted by molar-refractivity contribution is 7.18. The van der Waals surface area contributed by atoms with Crippen molar-refractivity contribution in [1.29, 1.82) is 0 Å². The van der Waals surface area contributed by atoms with Crippen LogP contribution in [0.5, 0.6) is 0 Å². The summed E-state index contributed by atoms with van der Waals surface area (Å²) in [6.07, 6.45) is 4.32. The van der Waals surface area contributed by atoms with Crippen LogP contribution in [0.2, 0.25) is 0 Å². The maximum absolute atomic E-state index is 6.17. The van der Waals surface area contributed by atoms with E-state index in [-0.39, 0.29) is 5.60 Å². The summed E-state index contributed by atoms with van der Waals surface area (Å²) in [5.74, 6) is 0. The van der Waals surface area contributed by atoms with Crippen molar-refractivity contribution in [3.63, 3.8) is 0 Å². The van der Waals surface area contributed by atoms with Crippen molar-refractivity contribution in [2.24, 2.45) is 0 Å². The summed E-state index contributed by atoms with van der Waals surface area (Å²) in [7, 11) is 2.23. The van der Waals surface area contributed by atoms with Gasteiger partial charge >= 0.3 is 0 Å². The van der Waals surface area contributed by atoms with Gasteiger partial charge in [0.25, 0.3) is 0 Å². The number of benzene rings is 1. The molecule has 0 unspecified atom stereocenters. The van der Waals surface area contributed by atoms with E-state index in [2.05, 4.69) is 36.2 Å². The molecule has 5 heteroatoms. The molecule has 4 nitrogen and oxygen atoms in total. The number of hydrogen-bond donors (Lipinski definition) is 0. The van der Waals surface area contributed by atoms with Gasteiger partial charge in [-0.1, -0.05) is 12.1 Å². The number of fused-ring (bicyclic) bond motifs is 1. The smallest absolute Gasteiger partial charge is 0.108 e. The fourth-order valence-corrected chi connectivity index (χ4v) is 4.83. The Morgan fingerprint density at radius 2 is 2.09 bits per heavy atom. The molecule has 1 aromatic heterocycles. The molecule has 0 bridgehead atoms. The van der Waals surface area contributed by atoms with Gasteiger partial charge in [-0.3, -0.25) is 4.90 Å². The number of rotatable bonds is 3. The van der Waals surface area contributed by atoms with Crippen LogP contribution >= 0.6 is 11.3 Å². The first kappa shape index (κ1) is 15.5. The van der Waals surface area contributed by atoms with Crippen LogP contribution in [0.4, 0.5) is 0 Å². The summed E-state index contributed by atoms with van der Waals surface area (Å²) in [5.41, 5.74) is 1.18. The van der Waals surface area contributed by atoms with Crippen molar-refractivity contribution in [2.45, 2.75) is 43.9 Å². The number of hydrogen-bond acceptors (Lipinski definition) is 5. The van der Waals surface area contributed by atoms with Gasteiger partial charge in [0.05, 0.1) is 22.4 Å². The Kier molecular flexibility index (Phi) is 4.37. The second kappa shape index (κ2) is 6.48. The first-order valence-corrected chi connectivity index (χ1v) is 9.32. The second-order valence-electron chi connectivity index (χ2n) is 6.78. The maximum Gasteiger partial charge on any atom is 0.108 e. The molecular weight excluding hydrogens is 308 g/mol. The maximum atomic E-state index is 6.17. The molecule has 0 N–H and O–H groups in total. The number of aromatic nitrogens is 1. The molecule has 2 aromatic rings. The lowest BCUT2D eigenvalue weighted by Crippen LogP contribution is -2.50. The molecule has 3 heterocycles. The average Bonchev–Trinajstić information content (AvgIpc) is 2.98. The second-order valence-corrected chi connectivity index (χ2v) is 7.90. The molecule has 0 radical (unpaired) electrons. The average molecular weight is 332 g/mol. The monoisotopic (exact) mass is 332 g/mol. The number of para-hydroxylation sites is 1. The molecule has 1 atom stereocenters. The molecule has 2 aliphatic heterocycles. The minimum atomic E-state index is 0.0585. The van der Waals surface area contributed by atoms with Gasteiger partial charge in [-0.15, -0.1) is 11.3 Å². The van der Waals surface area contributed by atoms with Gasteiger partial charge in [0.15, 0.2) is 0 Å². The molecule has 0 aliphatic carbocycles. The van der Waals surface area contributed by atoms with E-state index in [1.807, 2.05) is 11.3 Å². The van der Waals surface area contributed by atoms with Crippen molar-refractivity contribution in [3.05, 3.63) is 29.3 Å². The van der Waals surface area contributed by atoms with Crippen LogP contribution in [0, 0.1) is 0 Å². The molecule has 2 fully saturated rings. The lowest BCUT2D eigenvalue weighted by Gasteiger charge is -2.45. The lowest BCUT2D eigenvalue weighted by molar-refractivity contribution is -0.150. The Morgan fingerprint density at radius 1 is 1.26 bits per heavy atom. The normalized spacial score (nSPS) is 24.5. The van der Waals surface area contributed by atoms with E-state index < -0.39 is 0 Å². The summed E-state index contributed by atoms with van der Waals surface area (Å²) >= 11 is 1.81. The molecule has 1 aromatic carbocycles. The van der Waals surface area contributed by atoms with Gasteiger partial charge in [0.1, 0.15) is 5.01 Å². The molecule has 0 amide bonds. The standard InChI is InChI=1S/C18H24N2O2S/c1-20(13-17-19-15-4-2-3-5-16(15)23-17)14-6-9-22-18(12-14)7-10-21-11-8-18/h2-5,14H,6-13H2,1H3/t14-/m1/s1. The predicted octanol–water partition coefficient (Wildman–Crippen LogP) is 3.46.